The van der Waals surface area contributed by atoms with Crippen molar-refractivity contribution in [2.75, 3.05) is 32.0 Å². The summed E-state index contributed by atoms with van der Waals surface area (Å²) in [5.74, 6) is -0.512. The lowest BCUT2D eigenvalue weighted by atomic mass is 9.94. The third kappa shape index (κ3) is 6.12. The second kappa shape index (κ2) is 9.51. The number of nitrogens with zero attached hydrogens (tertiary/aromatic N) is 1. The van der Waals surface area contributed by atoms with Crippen LogP contribution in [0.1, 0.15) is 39.0 Å². The Morgan fingerprint density at radius 3 is 2.60 bits per heavy atom. The fourth-order valence-electron chi connectivity index (χ4n) is 3.50. The molecule has 0 spiro atoms. The minimum Gasteiger partial charge on any atom is -0.335 e. The normalized spacial score (nSPS) is 16.3. The largest absolute Gasteiger partial charge is 0.335 e. The van der Waals surface area contributed by atoms with Gasteiger partial charge in [0.15, 0.2) is 13.1 Å². The summed E-state index contributed by atoms with van der Waals surface area (Å²) in [6.45, 7) is 3.19. The van der Waals surface area contributed by atoms with Gasteiger partial charge in [-0.25, -0.2) is 4.39 Å². The fraction of sp³-hybridized carbons (Fsp3) is 0.579. The van der Waals surface area contributed by atoms with Crippen molar-refractivity contribution in [3.8, 4) is 0 Å². The molecular weight excluding hydrogens is 321 g/mol. The molecule has 2 rings (SSSR count). The third-order valence-corrected chi connectivity index (χ3v) is 4.70. The van der Waals surface area contributed by atoms with Crippen molar-refractivity contribution in [2.45, 2.75) is 45.1 Å². The van der Waals surface area contributed by atoms with Crippen LogP contribution in [0.25, 0.3) is 0 Å². The molecule has 1 aliphatic carbocycles. The predicted octanol–water partition coefficient (Wildman–Crippen LogP) is 1.46. The first-order chi connectivity index (χ1) is 12.0. The molecule has 0 aliphatic heterocycles. The van der Waals surface area contributed by atoms with E-state index in [1.165, 1.54) is 31.4 Å². The van der Waals surface area contributed by atoms with Gasteiger partial charge in [-0.1, -0.05) is 25.3 Å². The van der Waals surface area contributed by atoms with Gasteiger partial charge in [0.05, 0.1) is 7.05 Å². The number of halogens is 1. The van der Waals surface area contributed by atoms with E-state index in [1.54, 1.807) is 12.1 Å². The molecule has 0 bridgehead atoms. The number of hydrogen-bond donors (Lipinski definition) is 2. The first-order valence-electron chi connectivity index (χ1n) is 9.15. The van der Waals surface area contributed by atoms with E-state index >= 15 is 0 Å². The van der Waals surface area contributed by atoms with E-state index in [1.807, 2.05) is 18.9 Å². The minimum atomic E-state index is -0.389. The summed E-state index contributed by atoms with van der Waals surface area (Å²) in [6, 6.07) is 6.15. The quantitative estimate of drug-likeness (QED) is 0.782. The topological polar surface area (TPSA) is 53.9 Å². The maximum atomic E-state index is 13.2. The van der Waals surface area contributed by atoms with Crippen molar-refractivity contribution in [2.24, 2.45) is 0 Å². The number of carbonyl (C=O) groups excluding carboxylic acids is 2. The van der Waals surface area contributed by atoms with Crippen molar-refractivity contribution >= 4 is 17.5 Å². The summed E-state index contributed by atoms with van der Waals surface area (Å²) in [5.41, 5.74) is 0.432. The predicted molar refractivity (Wildman–Crippen MR) is 95.9 cm³/mol. The Morgan fingerprint density at radius 2 is 1.96 bits per heavy atom. The number of hydrogen-bond acceptors (Lipinski definition) is 2. The van der Waals surface area contributed by atoms with E-state index in [2.05, 4.69) is 5.32 Å². The highest BCUT2D eigenvalue weighted by molar-refractivity contribution is 5.91. The molecule has 1 unspecified atom stereocenters. The lowest BCUT2D eigenvalue weighted by Crippen LogP contribution is -3.11. The van der Waals surface area contributed by atoms with Crippen LogP contribution in [-0.2, 0) is 9.59 Å². The lowest BCUT2D eigenvalue weighted by Gasteiger charge is -2.33. The third-order valence-electron chi connectivity index (χ3n) is 4.70. The first-order valence-corrected chi connectivity index (χ1v) is 9.15. The Hall–Kier alpha value is -1.95. The van der Waals surface area contributed by atoms with Crippen LogP contribution in [0.2, 0.25) is 0 Å². The van der Waals surface area contributed by atoms with Crippen molar-refractivity contribution in [3.63, 3.8) is 0 Å². The Morgan fingerprint density at radius 1 is 1.24 bits per heavy atom. The van der Waals surface area contributed by atoms with Gasteiger partial charge in [0.25, 0.3) is 11.8 Å². The average Bonchev–Trinajstić information content (AvgIpc) is 2.56. The molecule has 0 saturated heterocycles. The smallest absolute Gasteiger partial charge is 0.279 e. The second-order valence-corrected chi connectivity index (χ2v) is 6.84. The van der Waals surface area contributed by atoms with Crippen molar-refractivity contribution in [1.29, 1.82) is 0 Å². The van der Waals surface area contributed by atoms with Crippen LogP contribution in [0, 0.1) is 5.82 Å². The number of anilines is 1. The van der Waals surface area contributed by atoms with Crippen LogP contribution in [0.3, 0.4) is 0 Å². The monoisotopic (exact) mass is 350 g/mol. The van der Waals surface area contributed by atoms with E-state index in [9.17, 15) is 14.0 Å². The highest BCUT2D eigenvalue weighted by atomic mass is 19.1. The summed E-state index contributed by atoms with van der Waals surface area (Å²) in [7, 11) is 1.83. The minimum absolute atomic E-state index is 0.102. The molecule has 1 aliphatic rings. The summed E-state index contributed by atoms with van der Waals surface area (Å²) in [6.07, 6.45) is 5.80. The molecular formula is C19H29FN3O2+. The molecule has 0 aromatic heterocycles. The summed E-state index contributed by atoms with van der Waals surface area (Å²) >= 11 is 0. The van der Waals surface area contributed by atoms with E-state index < -0.39 is 0 Å². The molecule has 0 heterocycles. The molecule has 25 heavy (non-hydrogen) atoms. The molecule has 2 amide bonds. The van der Waals surface area contributed by atoms with Gasteiger partial charge in [0.2, 0.25) is 0 Å². The van der Waals surface area contributed by atoms with Gasteiger partial charge < -0.3 is 15.1 Å². The van der Waals surface area contributed by atoms with Crippen LogP contribution in [0.4, 0.5) is 10.1 Å². The zero-order valence-corrected chi connectivity index (χ0v) is 15.2. The molecule has 1 atom stereocenters. The summed E-state index contributed by atoms with van der Waals surface area (Å²) in [5, 5.41) is 2.67. The SMILES string of the molecule is CCN(C(=O)C[NH+](C)CC(=O)Nc1cccc(F)c1)C1CCCCC1. The van der Waals surface area contributed by atoms with Crippen molar-refractivity contribution in [3.05, 3.63) is 30.1 Å². The number of likely N-dealkylation sites (N-methyl/N-ethyl adjacent to an activating group) is 2. The molecule has 1 saturated carbocycles. The van der Waals surface area contributed by atoms with Crippen LogP contribution in [-0.4, -0.2) is 49.4 Å². The fourth-order valence-corrected chi connectivity index (χ4v) is 3.50. The van der Waals surface area contributed by atoms with Crippen LogP contribution < -0.4 is 10.2 Å². The van der Waals surface area contributed by atoms with Crippen molar-refractivity contribution in [1.82, 2.24) is 4.90 Å². The van der Waals surface area contributed by atoms with Gasteiger partial charge >= 0.3 is 0 Å². The van der Waals surface area contributed by atoms with Gasteiger partial charge in [0.1, 0.15) is 5.82 Å². The lowest BCUT2D eigenvalue weighted by molar-refractivity contribution is -0.862. The van der Waals surface area contributed by atoms with Crippen molar-refractivity contribution < 1.29 is 18.9 Å². The number of nitrogens with one attached hydrogen (secondary N) is 2. The maximum absolute atomic E-state index is 13.2. The number of carbonyl (C=O) groups is 2. The number of amides is 2. The van der Waals surface area contributed by atoms with E-state index in [-0.39, 0.29) is 24.2 Å². The highest BCUT2D eigenvalue weighted by Crippen LogP contribution is 2.22. The number of quaternary nitrogens is 1. The summed E-state index contributed by atoms with van der Waals surface area (Å²) < 4.78 is 13.2. The molecule has 138 valence electrons. The second-order valence-electron chi connectivity index (χ2n) is 6.84. The molecule has 1 fully saturated rings. The Balaban J connectivity index is 1.82. The average molecular weight is 350 g/mol. The van der Waals surface area contributed by atoms with Gasteiger partial charge in [0, 0.05) is 18.3 Å². The van der Waals surface area contributed by atoms with Crippen LogP contribution in [0.5, 0.6) is 0 Å². The number of benzene rings is 1. The van der Waals surface area contributed by atoms with E-state index in [4.69, 9.17) is 0 Å². The first kappa shape index (κ1) is 19.4. The summed E-state index contributed by atoms with van der Waals surface area (Å²) in [4.78, 5) is 27.5. The molecule has 1 aromatic carbocycles. The van der Waals surface area contributed by atoms with E-state index in [0.717, 1.165) is 17.7 Å². The van der Waals surface area contributed by atoms with Crippen LogP contribution in [0.15, 0.2) is 24.3 Å². The zero-order chi connectivity index (χ0) is 18.2. The van der Waals surface area contributed by atoms with Crippen LogP contribution >= 0.6 is 0 Å². The van der Waals surface area contributed by atoms with E-state index in [0.29, 0.717) is 24.8 Å². The Bertz CT molecular complexity index is 588. The molecule has 6 heteroatoms. The van der Waals surface area contributed by atoms with Gasteiger partial charge in [-0.3, -0.25) is 9.59 Å². The van der Waals surface area contributed by atoms with Gasteiger partial charge in [-0.2, -0.15) is 0 Å². The Labute approximate surface area is 149 Å². The number of rotatable bonds is 7. The molecule has 0 radical (unpaired) electrons. The maximum Gasteiger partial charge on any atom is 0.279 e. The van der Waals surface area contributed by atoms with Gasteiger partial charge in [-0.15, -0.1) is 0 Å². The van der Waals surface area contributed by atoms with Gasteiger partial charge in [-0.05, 0) is 38.0 Å². The molecule has 2 N–H and O–H groups in total. The highest BCUT2D eigenvalue weighted by Gasteiger charge is 2.26. The standard InChI is InChI=1S/C19H28FN3O2/c1-3-23(17-10-5-4-6-11-17)19(25)14-22(2)13-18(24)21-16-9-7-8-15(20)12-16/h7-9,12,17H,3-6,10-11,13-14H2,1-2H3,(H,21,24)/p+1. The molecule has 1 aromatic rings. The molecule has 5 nitrogen and oxygen atoms in total. The zero-order valence-electron chi connectivity index (χ0n) is 15.2. The Kier molecular flexibility index (Phi) is 7.37.